The lowest BCUT2D eigenvalue weighted by Crippen LogP contribution is -2.47. The number of nitrogens with zero attached hydrogens (tertiary/aromatic N) is 4. The van der Waals surface area contributed by atoms with Crippen LogP contribution in [0.25, 0.3) is 0 Å². The summed E-state index contributed by atoms with van der Waals surface area (Å²) < 4.78 is 0. The van der Waals surface area contributed by atoms with Crippen LogP contribution in [-0.4, -0.2) is 66.9 Å². The lowest BCUT2D eigenvalue weighted by Gasteiger charge is -2.32. The molecule has 1 aliphatic heterocycles. The van der Waals surface area contributed by atoms with Gasteiger partial charge in [-0.2, -0.15) is 0 Å². The fourth-order valence-electron chi connectivity index (χ4n) is 2.81. The van der Waals surface area contributed by atoms with Crippen LogP contribution < -0.4 is 4.90 Å². The molecular weight excluding hydrogens is 316 g/mol. The van der Waals surface area contributed by atoms with Crippen molar-refractivity contribution < 1.29 is 9.59 Å². The van der Waals surface area contributed by atoms with Crippen LogP contribution in [-0.2, 0) is 0 Å². The molecule has 6 nitrogen and oxygen atoms in total. The first-order valence-corrected chi connectivity index (χ1v) is 8.33. The van der Waals surface area contributed by atoms with Gasteiger partial charge in [-0.25, -0.2) is 0 Å². The van der Waals surface area contributed by atoms with E-state index in [1.165, 1.54) is 11.1 Å². The first kappa shape index (κ1) is 17.1. The molecule has 0 saturated carbocycles. The van der Waals surface area contributed by atoms with E-state index in [1.54, 1.807) is 19.2 Å². The fourth-order valence-corrected chi connectivity index (χ4v) is 2.81. The summed E-state index contributed by atoms with van der Waals surface area (Å²) in [6.07, 6.45) is 1.52. The molecule has 2 amide bonds. The summed E-state index contributed by atoms with van der Waals surface area (Å²) in [6.45, 7) is 3.12. The molecule has 0 atom stereocenters. The maximum atomic E-state index is 12.7. The number of aromatic nitrogens is 1. The molecule has 0 spiro atoms. The Hall–Kier alpha value is -2.73. The van der Waals surface area contributed by atoms with Gasteiger partial charge in [-0.3, -0.25) is 14.6 Å². The van der Waals surface area contributed by atoms with Gasteiger partial charge in [-0.05, 0) is 31.3 Å². The molecule has 1 aromatic carbocycles. The summed E-state index contributed by atoms with van der Waals surface area (Å²) in [4.78, 5) is 35.1. The summed E-state index contributed by atoms with van der Waals surface area (Å²) >= 11 is 0. The molecule has 6 heteroatoms. The quantitative estimate of drug-likeness (QED) is 0.855. The van der Waals surface area contributed by atoms with E-state index in [0.717, 1.165) is 18.8 Å². The smallest absolute Gasteiger partial charge is 0.276 e. The van der Waals surface area contributed by atoms with Crippen molar-refractivity contribution in [2.24, 2.45) is 0 Å². The van der Waals surface area contributed by atoms with Crippen LogP contribution in [0.5, 0.6) is 0 Å². The van der Waals surface area contributed by atoms with Gasteiger partial charge in [0.15, 0.2) is 0 Å². The Kier molecular flexibility index (Phi) is 5.09. The summed E-state index contributed by atoms with van der Waals surface area (Å²) in [5.41, 5.74) is 1.56. The molecule has 1 saturated heterocycles. The van der Waals surface area contributed by atoms with Crippen molar-refractivity contribution in [1.29, 1.82) is 0 Å². The Bertz CT molecular complexity index is 755. The highest BCUT2D eigenvalue weighted by molar-refractivity contribution is 6.06. The van der Waals surface area contributed by atoms with Gasteiger partial charge in [0.2, 0.25) is 0 Å². The Morgan fingerprint density at radius 2 is 1.72 bits per heavy atom. The Morgan fingerprint density at radius 3 is 2.40 bits per heavy atom. The second-order valence-electron chi connectivity index (χ2n) is 6.22. The van der Waals surface area contributed by atoms with Crippen molar-refractivity contribution in [2.45, 2.75) is 0 Å². The minimum absolute atomic E-state index is 0.0492. The maximum absolute atomic E-state index is 12.7. The number of anilines is 1. The van der Waals surface area contributed by atoms with Gasteiger partial charge in [0.1, 0.15) is 5.69 Å². The predicted molar refractivity (Wildman–Crippen MR) is 96.8 cm³/mol. The summed E-state index contributed by atoms with van der Waals surface area (Å²) in [6, 6.07) is 12.6. The van der Waals surface area contributed by atoms with E-state index in [9.17, 15) is 9.59 Å². The van der Waals surface area contributed by atoms with Gasteiger partial charge in [-0.1, -0.05) is 18.2 Å². The molecule has 2 heterocycles. The van der Waals surface area contributed by atoms with Crippen LogP contribution in [0.3, 0.4) is 0 Å². The molecule has 0 aliphatic carbocycles. The second-order valence-corrected chi connectivity index (χ2v) is 6.22. The minimum Gasteiger partial charge on any atom is -0.336 e. The molecule has 2 aromatic rings. The van der Waals surface area contributed by atoms with Crippen molar-refractivity contribution in [1.82, 2.24) is 14.8 Å². The average Bonchev–Trinajstić information content (AvgIpc) is 2.67. The van der Waals surface area contributed by atoms with Crippen molar-refractivity contribution in [3.05, 3.63) is 59.9 Å². The number of likely N-dealkylation sites (N-methyl/N-ethyl adjacent to an activating group) is 1. The van der Waals surface area contributed by atoms with Crippen LogP contribution in [0.1, 0.15) is 20.8 Å². The summed E-state index contributed by atoms with van der Waals surface area (Å²) in [5.74, 6) is -0.286. The van der Waals surface area contributed by atoms with Crippen molar-refractivity contribution in [2.75, 3.05) is 45.2 Å². The van der Waals surface area contributed by atoms with Gasteiger partial charge in [0.05, 0.1) is 0 Å². The molecule has 0 N–H and O–H groups in total. The summed E-state index contributed by atoms with van der Waals surface area (Å²) in [5, 5.41) is 0. The zero-order valence-corrected chi connectivity index (χ0v) is 14.6. The van der Waals surface area contributed by atoms with Gasteiger partial charge >= 0.3 is 0 Å². The van der Waals surface area contributed by atoms with Gasteiger partial charge in [-0.15, -0.1) is 0 Å². The first-order valence-electron chi connectivity index (χ1n) is 8.33. The molecule has 3 rings (SSSR count). The number of rotatable bonds is 3. The standard InChI is InChI=1S/C19H22N4O2/c1-21-10-12-23(13-11-21)18(24)15-8-9-20-17(14-15)19(25)22(2)16-6-4-3-5-7-16/h3-9,14H,10-13H2,1-2H3. The van der Waals surface area contributed by atoms with E-state index in [4.69, 9.17) is 0 Å². The van der Waals surface area contributed by atoms with E-state index in [0.29, 0.717) is 18.7 Å². The molecule has 1 fully saturated rings. The highest BCUT2D eigenvalue weighted by Crippen LogP contribution is 2.15. The van der Waals surface area contributed by atoms with Crippen molar-refractivity contribution >= 4 is 17.5 Å². The minimum atomic E-state index is -0.237. The highest BCUT2D eigenvalue weighted by atomic mass is 16.2. The monoisotopic (exact) mass is 338 g/mol. The highest BCUT2D eigenvalue weighted by Gasteiger charge is 2.22. The second kappa shape index (κ2) is 7.44. The van der Waals surface area contributed by atoms with Gasteiger partial charge in [0, 0.05) is 50.7 Å². The van der Waals surface area contributed by atoms with Crippen LogP contribution in [0, 0.1) is 0 Å². The molecule has 1 aromatic heterocycles. The molecule has 130 valence electrons. The lowest BCUT2D eigenvalue weighted by molar-refractivity contribution is 0.0664. The van der Waals surface area contributed by atoms with Gasteiger partial charge < -0.3 is 14.7 Å². The molecule has 0 unspecified atom stereocenters. The van der Waals surface area contributed by atoms with Crippen LogP contribution >= 0.6 is 0 Å². The Morgan fingerprint density at radius 1 is 1.04 bits per heavy atom. The maximum Gasteiger partial charge on any atom is 0.276 e. The van der Waals surface area contributed by atoms with Crippen LogP contribution in [0.2, 0.25) is 0 Å². The topological polar surface area (TPSA) is 56.8 Å². The Labute approximate surface area is 147 Å². The first-order chi connectivity index (χ1) is 12.1. The fraction of sp³-hybridized carbons (Fsp3) is 0.316. The zero-order valence-electron chi connectivity index (χ0n) is 14.6. The number of carbonyl (C=O) groups excluding carboxylic acids is 2. The number of pyridine rings is 1. The lowest BCUT2D eigenvalue weighted by atomic mass is 10.1. The number of piperazine rings is 1. The SMILES string of the molecule is CN1CCN(C(=O)c2ccnc(C(=O)N(C)c3ccccc3)c2)CC1. The number of hydrogen-bond acceptors (Lipinski definition) is 4. The summed E-state index contributed by atoms with van der Waals surface area (Å²) in [7, 11) is 3.75. The molecule has 1 aliphatic rings. The third-order valence-corrected chi connectivity index (χ3v) is 4.46. The molecule has 0 bridgehead atoms. The largest absolute Gasteiger partial charge is 0.336 e. The van der Waals surface area contributed by atoms with E-state index in [1.807, 2.05) is 42.3 Å². The third-order valence-electron chi connectivity index (χ3n) is 4.46. The molecule has 25 heavy (non-hydrogen) atoms. The van der Waals surface area contributed by atoms with E-state index in [2.05, 4.69) is 9.88 Å². The number of amides is 2. The molecular formula is C19H22N4O2. The van der Waals surface area contributed by atoms with Crippen molar-refractivity contribution in [3.63, 3.8) is 0 Å². The van der Waals surface area contributed by atoms with Crippen LogP contribution in [0.15, 0.2) is 48.7 Å². The van der Waals surface area contributed by atoms with Crippen LogP contribution in [0.4, 0.5) is 5.69 Å². The van der Waals surface area contributed by atoms with E-state index >= 15 is 0 Å². The third kappa shape index (κ3) is 3.85. The normalized spacial score (nSPS) is 15.0. The Balaban J connectivity index is 1.77. The number of carbonyl (C=O) groups is 2. The van der Waals surface area contributed by atoms with E-state index in [-0.39, 0.29) is 17.5 Å². The number of hydrogen-bond donors (Lipinski definition) is 0. The van der Waals surface area contributed by atoms with Crippen molar-refractivity contribution in [3.8, 4) is 0 Å². The number of para-hydroxylation sites is 1. The van der Waals surface area contributed by atoms with E-state index < -0.39 is 0 Å². The molecule has 0 radical (unpaired) electrons. The predicted octanol–water partition coefficient (Wildman–Crippen LogP) is 1.75. The zero-order chi connectivity index (χ0) is 17.8. The average molecular weight is 338 g/mol. The van der Waals surface area contributed by atoms with Gasteiger partial charge in [0.25, 0.3) is 11.8 Å². The number of benzene rings is 1.